The van der Waals surface area contributed by atoms with E-state index >= 15 is 0 Å². The van der Waals surface area contributed by atoms with Gasteiger partial charge in [-0.2, -0.15) is 0 Å². The Hall–Kier alpha value is -2.18. The van der Waals surface area contributed by atoms with Crippen LogP contribution in [0.4, 0.5) is 0 Å². The van der Waals surface area contributed by atoms with E-state index in [4.69, 9.17) is 9.47 Å². The monoisotopic (exact) mass is 369 g/mol. The lowest BCUT2D eigenvalue weighted by molar-refractivity contribution is -0.139. The summed E-state index contributed by atoms with van der Waals surface area (Å²) in [7, 11) is 0. The van der Waals surface area contributed by atoms with Gasteiger partial charge in [0.1, 0.15) is 0 Å². The van der Waals surface area contributed by atoms with Gasteiger partial charge in [-0.15, -0.1) is 0 Å². The molecule has 2 saturated heterocycles. The maximum atomic E-state index is 12.6. The van der Waals surface area contributed by atoms with Gasteiger partial charge in [0.15, 0.2) is 0 Å². The van der Waals surface area contributed by atoms with Crippen LogP contribution >= 0.6 is 0 Å². The second kappa shape index (κ2) is 8.23. The molecule has 144 valence electrons. The number of nitrogens with one attached hydrogen (secondary N) is 1. The van der Waals surface area contributed by atoms with Crippen molar-refractivity contribution in [2.75, 3.05) is 19.7 Å². The molecule has 1 N–H and O–H groups in total. The number of pyridine rings is 1. The predicted molar refractivity (Wildman–Crippen MR) is 101 cm³/mol. The molecule has 0 aromatic carbocycles. The molecule has 2 aliphatic heterocycles. The minimum atomic E-state index is -0.241. The maximum Gasteiger partial charge on any atom is 0.223 e. The fourth-order valence-electron chi connectivity index (χ4n) is 4.11. The number of ether oxygens (including phenoxy) is 2. The fourth-order valence-corrected chi connectivity index (χ4v) is 4.11. The third kappa shape index (κ3) is 4.57. The number of aryl methyl sites for hydroxylation is 1. The van der Waals surface area contributed by atoms with E-state index in [1.807, 2.05) is 41.4 Å². The summed E-state index contributed by atoms with van der Waals surface area (Å²) in [6, 6.07) is 9.83. The maximum absolute atomic E-state index is 12.6. The first-order valence-corrected chi connectivity index (χ1v) is 9.78. The lowest BCUT2D eigenvalue weighted by atomic mass is 9.89. The summed E-state index contributed by atoms with van der Waals surface area (Å²) in [5, 5.41) is 0. The number of aromatic amines is 1. The zero-order valence-electron chi connectivity index (χ0n) is 15.6. The third-order valence-corrected chi connectivity index (χ3v) is 5.53. The molecule has 0 aliphatic carbocycles. The van der Waals surface area contributed by atoms with Crippen molar-refractivity contribution in [3.8, 4) is 0 Å². The van der Waals surface area contributed by atoms with E-state index in [0.29, 0.717) is 26.2 Å². The molecule has 0 unspecified atom stereocenters. The van der Waals surface area contributed by atoms with Gasteiger partial charge in [0.05, 0.1) is 30.6 Å². The number of aromatic nitrogens is 2. The second-order valence-electron chi connectivity index (χ2n) is 7.57. The molecule has 0 saturated carbocycles. The van der Waals surface area contributed by atoms with E-state index in [9.17, 15) is 4.79 Å². The highest BCUT2D eigenvalue weighted by Crippen LogP contribution is 2.36. The van der Waals surface area contributed by atoms with Crippen molar-refractivity contribution in [3.63, 3.8) is 0 Å². The smallest absolute Gasteiger partial charge is 0.223 e. The lowest BCUT2D eigenvalue weighted by Crippen LogP contribution is -2.50. The van der Waals surface area contributed by atoms with Gasteiger partial charge >= 0.3 is 0 Å². The summed E-state index contributed by atoms with van der Waals surface area (Å²) < 4.78 is 12.2. The number of carbonyl (C=O) groups is 1. The highest BCUT2D eigenvalue weighted by atomic mass is 16.6. The summed E-state index contributed by atoms with van der Waals surface area (Å²) >= 11 is 0. The minimum Gasteiger partial charge on any atom is -0.370 e. The Bertz CT molecular complexity index is 734. The summed E-state index contributed by atoms with van der Waals surface area (Å²) in [6.45, 7) is 2.61. The predicted octanol–water partition coefficient (Wildman–Crippen LogP) is 2.71. The lowest BCUT2D eigenvalue weighted by Gasteiger charge is -2.39. The number of likely N-dealkylation sites (tertiary alicyclic amines) is 1. The van der Waals surface area contributed by atoms with Crippen molar-refractivity contribution in [2.45, 2.75) is 50.4 Å². The van der Waals surface area contributed by atoms with Crippen LogP contribution < -0.4 is 0 Å². The molecule has 6 nitrogen and oxygen atoms in total. The molecule has 0 radical (unpaired) electrons. The van der Waals surface area contributed by atoms with Crippen LogP contribution in [0.2, 0.25) is 0 Å². The number of amides is 1. The number of rotatable bonds is 6. The Morgan fingerprint density at radius 3 is 3.15 bits per heavy atom. The Balaban J connectivity index is 1.27. The molecule has 1 amide bonds. The standard InChI is InChI=1S/C21H27N3O3/c25-20(8-7-17-6-3-11-22-17)24-12-4-9-21(16-24)13-19(15-27-21)26-14-18-5-1-2-10-23-18/h1-3,5-6,10-11,19,22H,4,7-9,12-16H2/t19-,21+/m0/s1. The number of nitrogens with zero attached hydrogens (tertiary/aromatic N) is 2. The van der Waals surface area contributed by atoms with Crippen LogP contribution in [0.5, 0.6) is 0 Å². The molecule has 2 aromatic rings. The van der Waals surface area contributed by atoms with E-state index < -0.39 is 0 Å². The Morgan fingerprint density at radius 2 is 2.33 bits per heavy atom. The molecular weight excluding hydrogens is 342 g/mol. The topological polar surface area (TPSA) is 67.5 Å². The number of carbonyl (C=O) groups excluding carboxylic acids is 1. The van der Waals surface area contributed by atoms with Gasteiger partial charge in [-0.05, 0) is 43.5 Å². The van der Waals surface area contributed by atoms with E-state index in [0.717, 1.165) is 43.6 Å². The van der Waals surface area contributed by atoms with Crippen molar-refractivity contribution in [2.24, 2.45) is 0 Å². The Morgan fingerprint density at radius 1 is 1.37 bits per heavy atom. The zero-order valence-corrected chi connectivity index (χ0v) is 15.6. The normalized spacial score (nSPS) is 25.2. The summed E-state index contributed by atoms with van der Waals surface area (Å²) in [4.78, 5) is 22.1. The van der Waals surface area contributed by atoms with Crippen molar-refractivity contribution in [1.29, 1.82) is 0 Å². The SMILES string of the molecule is O=C(CCc1ccc[nH]1)N1CCC[C@@]2(C[C@H](OCc3ccccn3)CO2)C1. The van der Waals surface area contributed by atoms with Gasteiger partial charge in [-0.3, -0.25) is 9.78 Å². The molecule has 4 rings (SSSR count). The first-order valence-electron chi connectivity index (χ1n) is 9.78. The number of piperidine rings is 1. The van der Waals surface area contributed by atoms with Gasteiger partial charge in [0, 0.05) is 44.0 Å². The van der Waals surface area contributed by atoms with E-state index in [2.05, 4.69) is 9.97 Å². The zero-order chi connectivity index (χ0) is 18.5. The molecule has 2 aliphatic rings. The Labute approximate surface area is 159 Å². The average molecular weight is 369 g/mol. The fraction of sp³-hybridized carbons (Fsp3) is 0.524. The van der Waals surface area contributed by atoms with Crippen LogP contribution in [0.1, 0.15) is 37.1 Å². The van der Waals surface area contributed by atoms with Crippen molar-refractivity contribution >= 4 is 5.91 Å². The summed E-state index contributed by atoms with van der Waals surface area (Å²) in [5.41, 5.74) is 1.80. The molecular formula is C21H27N3O3. The highest BCUT2D eigenvalue weighted by Gasteiger charge is 2.44. The van der Waals surface area contributed by atoms with Crippen LogP contribution in [-0.4, -0.2) is 52.2 Å². The van der Waals surface area contributed by atoms with E-state index in [1.54, 1.807) is 6.20 Å². The van der Waals surface area contributed by atoms with Crippen LogP contribution in [0.25, 0.3) is 0 Å². The van der Waals surface area contributed by atoms with Gasteiger partial charge in [-0.1, -0.05) is 6.07 Å². The molecule has 6 heteroatoms. The quantitative estimate of drug-likeness (QED) is 0.850. The molecule has 4 heterocycles. The van der Waals surface area contributed by atoms with Gasteiger partial charge in [0.2, 0.25) is 5.91 Å². The van der Waals surface area contributed by atoms with Crippen LogP contribution in [0.15, 0.2) is 42.7 Å². The number of hydrogen-bond acceptors (Lipinski definition) is 4. The van der Waals surface area contributed by atoms with Crippen LogP contribution in [0.3, 0.4) is 0 Å². The van der Waals surface area contributed by atoms with E-state index in [-0.39, 0.29) is 17.6 Å². The van der Waals surface area contributed by atoms with Crippen molar-refractivity contribution < 1.29 is 14.3 Å². The van der Waals surface area contributed by atoms with Crippen LogP contribution in [0, 0.1) is 0 Å². The summed E-state index contributed by atoms with van der Waals surface area (Å²) in [5.74, 6) is 0.213. The number of H-pyrrole nitrogens is 1. The molecule has 2 fully saturated rings. The number of hydrogen-bond donors (Lipinski definition) is 1. The van der Waals surface area contributed by atoms with Gasteiger partial charge in [-0.25, -0.2) is 0 Å². The third-order valence-electron chi connectivity index (χ3n) is 5.53. The molecule has 1 spiro atoms. The summed E-state index contributed by atoms with van der Waals surface area (Å²) in [6.07, 6.45) is 7.87. The van der Waals surface area contributed by atoms with Crippen molar-refractivity contribution in [1.82, 2.24) is 14.9 Å². The molecule has 2 aromatic heterocycles. The van der Waals surface area contributed by atoms with Crippen molar-refractivity contribution in [3.05, 3.63) is 54.1 Å². The highest BCUT2D eigenvalue weighted by molar-refractivity contribution is 5.76. The Kier molecular flexibility index (Phi) is 5.55. The van der Waals surface area contributed by atoms with Gasteiger partial charge < -0.3 is 19.4 Å². The minimum absolute atomic E-state index is 0.0703. The molecule has 2 atom stereocenters. The largest absolute Gasteiger partial charge is 0.370 e. The molecule has 27 heavy (non-hydrogen) atoms. The van der Waals surface area contributed by atoms with Gasteiger partial charge in [0.25, 0.3) is 0 Å². The molecule has 0 bridgehead atoms. The second-order valence-corrected chi connectivity index (χ2v) is 7.57. The first-order chi connectivity index (χ1) is 13.2. The first kappa shape index (κ1) is 18.2. The average Bonchev–Trinajstić information content (AvgIpc) is 3.36. The van der Waals surface area contributed by atoms with Crippen LogP contribution in [-0.2, 0) is 27.3 Å². The van der Waals surface area contributed by atoms with E-state index in [1.165, 1.54) is 0 Å².